The number of amides is 2. The number of carboxylic acids is 1. The smallest absolute Gasteiger partial charge is 0.303 e. The first-order valence-corrected chi connectivity index (χ1v) is 5.22. The predicted octanol–water partition coefficient (Wildman–Crippen LogP) is -0.470. The Morgan fingerprint density at radius 1 is 1.44 bits per heavy atom. The predicted molar refractivity (Wildman–Crippen MR) is 61.6 cm³/mol. The molecule has 0 saturated carbocycles. The monoisotopic (exact) mass is 251 g/mol. The highest BCUT2D eigenvalue weighted by Gasteiger charge is 2.19. The van der Waals surface area contributed by atoms with Crippen LogP contribution in [-0.4, -0.2) is 33.9 Å². The molecule has 1 aromatic heterocycles. The second kappa shape index (κ2) is 6.33. The van der Waals surface area contributed by atoms with Crippen molar-refractivity contribution in [3.8, 4) is 0 Å². The van der Waals surface area contributed by atoms with Gasteiger partial charge in [0.05, 0.1) is 5.56 Å². The molecule has 7 heteroatoms. The molecular formula is C11H13N3O4. The van der Waals surface area contributed by atoms with Crippen LogP contribution in [0.5, 0.6) is 0 Å². The highest BCUT2D eigenvalue weighted by molar-refractivity contribution is 5.97. The molecule has 0 radical (unpaired) electrons. The van der Waals surface area contributed by atoms with E-state index in [1.807, 2.05) is 0 Å². The van der Waals surface area contributed by atoms with E-state index in [4.69, 9.17) is 10.8 Å². The summed E-state index contributed by atoms with van der Waals surface area (Å²) in [7, 11) is 0. The fraction of sp³-hybridized carbons (Fsp3) is 0.273. The summed E-state index contributed by atoms with van der Waals surface area (Å²) in [5, 5.41) is 10.9. The molecule has 0 fully saturated rings. The van der Waals surface area contributed by atoms with Gasteiger partial charge in [0, 0.05) is 18.8 Å². The highest BCUT2D eigenvalue weighted by atomic mass is 16.4. The van der Waals surface area contributed by atoms with Crippen molar-refractivity contribution < 1.29 is 19.5 Å². The molecule has 96 valence electrons. The largest absolute Gasteiger partial charge is 0.481 e. The Morgan fingerprint density at radius 2 is 2.17 bits per heavy atom. The number of nitrogens with two attached hydrogens (primary N) is 1. The average molecular weight is 251 g/mol. The van der Waals surface area contributed by atoms with Crippen LogP contribution in [0.15, 0.2) is 24.5 Å². The number of nitrogens with zero attached hydrogens (tertiary/aromatic N) is 1. The van der Waals surface area contributed by atoms with Crippen molar-refractivity contribution in [2.24, 2.45) is 5.73 Å². The van der Waals surface area contributed by atoms with Crippen LogP contribution in [0.3, 0.4) is 0 Å². The third-order valence-corrected chi connectivity index (χ3v) is 2.22. The lowest BCUT2D eigenvalue weighted by molar-refractivity contribution is -0.137. The first-order valence-electron chi connectivity index (χ1n) is 5.22. The van der Waals surface area contributed by atoms with E-state index in [0.29, 0.717) is 0 Å². The van der Waals surface area contributed by atoms with Crippen LogP contribution in [0.1, 0.15) is 23.2 Å². The van der Waals surface area contributed by atoms with Crippen LogP contribution in [0.2, 0.25) is 0 Å². The topological polar surface area (TPSA) is 122 Å². The number of aliphatic carboxylic acids is 1. The van der Waals surface area contributed by atoms with Gasteiger partial charge in [-0.1, -0.05) is 0 Å². The maximum Gasteiger partial charge on any atom is 0.303 e. The van der Waals surface area contributed by atoms with E-state index >= 15 is 0 Å². The van der Waals surface area contributed by atoms with Gasteiger partial charge < -0.3 is 16.2 Å². The summed E-state index contributed by atoms with van der Waals surface area (Å²) in [5.74, 6) is -2.34. The second-order valence-electron chi connectivity index (χ2n) is 3.60. The molecule has 0 unspecified atom stereocenters. The van der Waals surface area contributed by atoms with Crippen molar-refractivity contribution in [2.75, 3.05) is 0 Å². The minimum atomic E-state index is -1.06. The van der Waals surface area contributed by atoms with Gasteiger partial charge in [-0.2, -0.15) is 0 Å². The van der Waals surface area contributed by atoms with E-state index in [9.17, 15) is 14.4 Å². The maximum absolute atomic E-state index is 11.7. The van der Waals surface area contributed by atoms with Crippen molar-refractivity contribution in [1.29, 1.82) is 0 Å². The minimum Gasteiger partial charge on any atom is -0.481 e. The quantitative estimate of drug-likeness (QED) is 0.630. The Hall–Kier alpha value is -2.44. The number of nitrogens with one attached hydrogen (secondary N) is 1. The number of carboxylic acid groups (broad SMARTS) is 1. The number of rotatable bonds is 6. The van der Waals surface area contributed by atoms with Gasteiger partial charge >= 0.3 is 5.97 Å². The lowest BCUT2D eigenvalue weighted by atomic mass is 10.1. The summed E-state index contributed by atoms with van der Waals surface area (Å²) in [6.07, 6.45) is 2.55. The second-order valence-corrected chi connectivity index (χ2v) is 3.60. The zero-order chi connectivity index (χ0) is 13.5. The van der Waals surface area contributed by atoms with Crippen molar-refractivity contribution in [2.45, 2.75) is 18.9 Å². The number of hydrogen-bond acceptors (Lipinski definition) is 4. The number of carbonyl (C=O) groups excluding carboxylic acids is 2. The fourth-order valence-corrected chi connectivity index (χ4v) is 1.29. The van der Waals surface area contributed by atoms with Gasteiger partial charge in [0.25, 0.3) is 5.91 Å². The number of primary amides is 1. The Labute approximate surface area is 103 Å². The fourth-order valence-electron chi connectivity index (χ4n) is 1.29. The van der Waals surface area contributed by atoms with E-state index in [1.165, 1.54) is 18.5 Å². The normalized spacial score (nSPS) is 11.6. The molecule has 1 aromatic rings. The average Bonchev–Trinajstić information content (AvgIpc) is 2.34. The van der Waals surface area contributed by atoms with Gasteiger partial charge in [-0.15, -0.1) is 0 Å². The lowest BCUT2D eigenvalue weighted by Gasteiger charge is -2.14. The number of aromatic nitrogens is 1. The lowest BCUT2D eigenvalue weighted by Crippen LogP contribution is -2.44. The van der Waals surface area contributed by atoms with Crippen molar-refractivity contribution >= 4 is 17.8 Å². The molecule has 4 N–H and O–H groups in total. The third-order valence-electron chi connectivity index (χ3n) is 2.22. The van der Waals surface area contributed by atoms with Gasteiger partial charge in [0.1, 0.15) is 6.04 Å². The van der Waals surface area contributed by atoms with Crippen LogP contribution in [0.4, 0.5) is 0 Å². The molecule has 18 heavy (non-hydrogen) atoms. The first kappa shape index (κ1) is 13.6. The van der Waals surface area contributed by atoms with Crippen LogP contribution < -0.4 is 11.1 Å². The number of carbonyl (C=O) groups is 3. The molecule has 2 amide bonds. The molecule has 0 spiro atoms. The molecule has 1 heterocycles. The molecule has 0 aliphatic carbocycles. The maximum atomic E-state index is 11.7. The molecule has 0 saturated heterocycles. The molecule has 0 aliphatic rings. The molecule has 1 rings (SSSR count). The van der Waals surface area contributed by atoms with Crippen molar-refractivity contribution in [3.63, 3.8) is 0 Å². The van der Waals surface area contributed by atoms with Gasteiger partial charge in [-0.25, -0.2) is 0 Å². The van der Waals surface area contributed by atoms with E-state index in [2.05, 4.69) is 10.3 Å². The summed E-state index contributed by atoms with van der Waals surface area (Å²) in [6, 6.07) is 2.09. The van der Waals surface area contributed by atoms with Gasteiger partial charge in [-0.05, 0) is 18.6 Å². The van der Waals surface area contributed by atoms with Gasteiger partial charge in [0.2, 0.25) is 5.91 Å². The Kier molecular flexibility index (Phi) is 4.79. The van der Waals surface area contributed by atoms with Gasteiger partial charge in [-0.3, -0.25) is 19.4 Å². The Balaban J connectivity index is 2.64. The van der Waals surface area contributed by atoms with Crippen LogP contribution >= 0.6 is 0 Å². The third kappa shape index (κ3) is 4.20. The summed E-state index contributed by atoms with van der Waals surface area (Å²) >= 11 is 0. The molecule has 0 aliphatic heterocycles. The van der Waals surface area contributed by atoms with Gasteiger partial charge in [0.15, 0.2) is 0 Å². The van der Waals surface area contributed by atoms with E-state index in [1.54, 1.807) is 6.07 Å². The van der Waals surface area contributed by atoms with E-state index in [0.717, 1.165) is 0 Å². The molecule has 0 bridgehead atoms. The zero-order valence-electron chi connectivity index (χ0n) is 9.50. The first-order chi connectivity index (χ1) is 8.50. The molecule has 7 nitrogen and oxygen atoms in total. The standard InChI is InChI=1S/C11H13N3O4/c12-10(17)8(3-4-9(15)16)14-11(18)7-2-1-5-13-6-7/h1-2,5-6,8H,3-4H2,(H2,12,17)(H,14,18)(H,15,16)/t8-/m0/s1. The summed E-state index contributed by atoms with van der Waals surface area (Å²) in [5.41, 5.74) is 5.36. The van der Waals surface area contributed by atoms with Crippen molar-refractivity contribution in [1.82, 2.24) is 10.3 Å². The SMILES string of the molecule is NC(=O)[C@H](CCC(=O)O)NC(=O)c1cccnc1. The summed E-state index contributed by atoms with van der Waals surface area (Å²) < 4.78 is 0. The van der Waals surface area contributed by atoms with Crippen LogP contribution in [0.25, 0.3) is 0 Å². The Morgan fingerprint density at radius 3 is 2.67 bits per heavy atom. The van der Waals surface area contributed by atoms with E-state index in [-0.39, 0.29) is 18.4 Å². The summed E-state index contributed by atoms with van der Waals surface area (Å²) in [4.78, 5) is 36.9. The Bertz CT molecular complexity index is 447. The number of pyridine rings is 1. The van der Waals surface area contributed by atoms with E-state index < -0.39 is 23.8 Å². The number of hydrogen-bond donors (Lipinski definition) is 3. The van der Waals surface area contributed by atoms with Crippen molar-refractivity contribution in [3.05, 3.63) is 30.1 Å². The summed E-state index contributed by atoms with van der Waals surface area (Å²) in [6.45, 7) is 0. The highest BCUT2D eigenvalue weighted by Crippen LogP contribution is 2.01. The van der Waals surface area contributed by atoms with Crippen LogP contribution in [0, 0.1) is 0 Å². The zero-order valence-corrected chi connectivity index (χ0v) is 9.50. The minimum absolute atomic E-state index is 0.0450. The molecule has 0 aromatic carbocycles. The molecular weight excluding hydrogens is 238 g/mol. The van der Waals surface area contributed by atoms with Crippen LogP contribution in [-0.2, 0) is 9.59 Å². The molecule has 1 atom stereocenters.